The van der Waals surface area contributed by atoms with Gasteiger partial charge in [0.25, 0.3) is 5.91 Å². The molecule has 5 nitrogen and oxygen atoms in total. The van der Waals surface area contributed by atoms with Gasteiger partial charge < -0.3 is 14.8 Å². The van der Waals surface area contributed by atoms with Gasteiger partial charge in [0, 0.05) is 4.47 Å². The molecule has 0 saturated carbocycles. The molecule has 0 atom stereocenters. The van der Waals surface area contributed by atoms with Gasteiger partial charge in [-0.3, -0.25) is 4.79 Å². The van der Waals surface area contributed by atoms with Crippen molar-refractivity contribution < 1.29 is 27.9 Å². The predicted octanol–water partition coefficient (Wildman–Crippen LogP) is 2.95. The molecule has 1 aromatic carbocycles. The first-order valence-electron chi connectivity index (χ1n) is 5.63. The van der Waals surface area contributed by atoms with Gasteiger partial charge in [-0.25, -0.2) is 13.6 Å². The van der Waals surface area contributed by atoms with Crippen molar-refractivity contribution in [2.75, 3.05) is 0 Å². The van der Waals surface area contributed by atoms with Gasteiger partial charge in [0.1, 0.15) is 23.0 Å². The first-order valence-corrected chi connectivity index (χ1v) is 6.42. The van der Waals surface area contributed by atoms with Crippen LogP contribution in [0.15, 0.2) is 33.2 Å². The Morgan fingerprint density at radius 1 is 1.24 bits per heavy atom. The number of rotatable bonds is 4. The van der Waals surface area contributed by atoms with Crippen molar-refractivity contribution in [1.29, 1.82) is 0 Å². The summed E-state index contributed by atoms with van der Waals surface area (Å²) >= 11 is 2.91. The summed E-state index contributed by atoms with van der Waals surface area (Å²) in [6.07, 6.45) is 0. The number of carbonyl (C=O) groups is 2. The van der Waals surface area contributed by atoms with E-state index in [9.17, 15) is 18.4 Å². The molecule has 0 aliphatic carbocycles. The van der Waals surface area contributed by atoms with Crippen LogP contribution in [0, 0.1) is 11.6 Å². The Hall–Kier alpha value is -2.22. The molecule has 0 aliphatic rings. The number of carboxylic acids is 1. The number of halogens is 3. The number of carbonyl (C=O) groups excluding carboxylic acids is 1. The second-order valence-corrected chi connectivity index (χ2v) is 4.91. The smallest absolute Gasteiger partial charge is 0.371 e. The highest BCUT2D eigenvalue weighted by Gasteiger charge is 2.18. The van der Waals surface area contributed by atoms with Gasteiger partial charge in [0.05, 0.1) is 6.54 Å². The monoisotopic (exact) mass is 359 g/mol. The van der Waals surface area contributed by atoms with Crippen LogP contribution in [0.3, 0.4) is 0 Å². The second-order valence-electron chi connectivity index (χ2n) is 4.00. The molecule has 1 heterocycles. The van der Waals surface area contributed by atoms with Crippen molar-refractivity contribution in [2.24, 2.45) is 0 Å². The molecular weight excluding hydrogens is 352 g/mol. The number of hydrogen-bond donors (Lipinski definition) is 2. The molecule has 0 unspecified atom stereocenters. The third kappa shape index (κ3) is 3.46. The van der Waals surface area contributed by atoms with Crippen molar-refractivity contribution in [3.05, 3.63) is 57.5 Å². The van der Waals surface area contributed by atoms with Crippen LogP contribution in [-0.2, 0) is 6.54 Å². The van der Waals surface area contributed by atoms with Crippen LogP contribution in [-0.4, -0.2) is 17.0 Å². The zero-order valence-electron chi connectivity index (χ0n) is 10.3. The minimum absolute atomic E-state index is 0.152. The van der Waals surface area contributed by atoms with Crippen LogP contribution < -0.4 is 5.32 Å². The van der Waals surface area contributed by atoms with Crippen LogP contribution in [0.25, 0.3) is 0 Å². The lowest BCUT2D eigenvalue weighted by Crippen LogP contribution is -2.24. The Morgan fingerprint density at radius 2 is 1.86 bits per heavy atom. The van der Waals surface area contributed by atoms with E-state index in [1.54, 1.807) is 0 Å². The maximum absolute atomic E-state index is 13.6. The quantitative estimate of drug-likeness (QED) is 0.879. The molecule has 2 N–H and O–H groups in total. The van der Waals surface area contributed by atoms with Crippen LogP contribution in [0.2, 0.25) is 0 Å². The van der Waals surface area contributed by atoms with Crippen LogP contribution in [0.4, 0.5) is 8.78 Å². The lowest BCUT2D eigenvalue weighted by molar-refractivity contribution is 0.0660. The summed E-state index contributed by atoms with van der Waals surface area (Å²) in [7, 11) is 0. The van der Waals surface area contributed by atoms with E-state index in [-0.39, 0.29) is 22.5 Å². The van der Waals surface area contributed by atoms with E-state index in [4.69, 9.17) is 9.52 Å². The van der Waals surface area contributed by atoms with Crippen molar-refractivity contribution in [2.45, 2.75) is 6.54 Å². The summed E-state index contributed by atoms with van der Waals surface area (Å²) in [5.41, 5.74) is -0.719. The van der Waals surface area contributed by atoms with E-state index in [2.05, 4.69) is 21.2 Å². The molecule has 8 heteroatoms. The third-order valence-electron chi connectivity index (χ3n) is 2.53. The average molecular weight is 360 g/mol. The Kier molecular flexibility index (Phi) is 4.37. The van der Waals surface area contributed by atoms with Crippen molar-refractivity contribution in [3.8, 4) is 0 Å². The normalized spacial score (nSPS) is 10.4. The second kappa shape index (κ2) is 6.04. The fourth-order valence-electron chi connectivity index (χ4n) is 1.60. The maximum Gasteiger partial charge on any atom is 0.371 e. The van der Waals surface area contributed by atoms with Crippen molar-refractivity contribution in [1.82, 2.24) is 5.32 Å². The summed E-state index contributed by atoms with van der Waals surface area (Å²) in [5.74, 6) is -4.38. The SMILES string of the molecule is O=C(O)c1ccc(CNC(=O)c2c(F)cc(Br)cc2F)o1. The minimum atomic E-state index is -1.25. The van der Waals surface area contributed by atoms with Crippen LogP contribution in [0.5, 0.6) is 0 Å². The van der Waals surface area contributed by atoms with Crippen LogP contribution in [0.1, 0.15) is 26.7 Å². The number of hydrogen-bond acceptors (Lipinski definition) is 3. The number of aromatic carboxylic acids is 1. The van der Waals surface area contributed by atoms with Crippen molar-refractivity contribution >= 4 is 27.8 Å². The Labute approximate surface area is 125 Å². The number of amides is 1. The highest BCUT2D eigenvalue weighted by Crippen LogP contribution is 2.19. The molecule has 0 radical (unpaired) electrons. The van der Waals surface area contributed by atoms with Gasteiger partial charge in [-0.05, 0) is 24.3 Å². The van der Waals surface area contributed by atoms with E-state index < -0.39 is 29.1 Å². The summed E-state index contributed by atoms with van der Waals surface area (Å²) in [6.45, 7) is -0.193. The number of nitrogens with one attached hydrogen (secondary N) is 1. The fourth-order valence-corrected chi connectivity index (χ4v) is 2.00. The molecule has 1 amide bonds. The van der Waals surface area contributed by atoms with Gasteiger partial charge >= 0.3 is 5.97 Å². The lowest BCUT2D eigenvalue weighted by atomic mass is 10.2. The molecule has 0 spiro atoms. The summed E-state index contributed by atoms with van der Waals surface area (Å²) in [5, 5.41) is 10.9. The highest BCUT2D eigenvalue weighted by atomic mass is 79.9. The Bertz CT molecular complexity index is 691. The van der Waals surface area contributed by atoms with Crippen LogP contribution >= 0.6 is 15.9 Å². The third-order valence-corrected chi connectivity index (χ3v) is 2.99. The fraction of sp³-hybridized carbons (Fsp3) is 0.0769. The standard InChI is InChI=1S/C13H8BrF2NO4/c14-6-3-8(15)11(9(16)4-6)12(18)17-5-7-1-2-10(21-7)13(19)20/h1-4H,5H2,(H,17,18)(H,19,20). The van der Waals surface area contributed by atoms with E-state index in [0.29, 0.717) is 0 Å². The first-order chi connectivity index (χ1) is 9.88. The highest BCUT2D eigenvalue weighted by molar-refractivity contribution is 9.10. The topological polar surface area (TPSA) is 79.5 Å². The Morgan fingerprint density at radius 3 is 2.38 bits per heavy atom. The summed E-state index contributed by atoms with van der Waals surface area (Å²) in [4.78, 5) is 22.4. The molecule has 2 rings (SSSR count). The van der Waals surface area contributed by atoms with Gasteiger partial charge in [0.15, 0.2) is 0 Å². The number of furan rings is 1. The molecule has 0 aliphatic heterocycles. The maximum atomic E-state index is 13.6. The van der Waals surface area contributed by atoms with E-state index in [1.807, 2.05) is 0 Å². The molecule has 2 aromatic rings. The molecule has 0 fully saturated rings. The largest absolute Gasteiger partial charge is 0.475 e. The predicted molar refractivity (Wildman–Crippen MR) is 70.9 cm³/mol. The van der Waals surface area contributed by atoms with E-state index in [0.717, 1.165) is 12.1 Å². The number of benzene rings is 1. The first kappa shape index (κ1) is 15.2. The van der Waals surface area contributed by atoms with Crippen molar-refractivity contribution in [3.63, 3.8) is 0 Å². The number of carboxylic acid groups (broad SMARTS) is 1. The van der Waals surface area contributed by atoms with Gasteiger partial charge in [-0.15, -0.1) is 0 Å². The molecule has 110 valence electrons. The average Bonchev–Trinajstić information content (AvgIpc) is 2.84. The van der Waals surface area contributed by atoms with E-state index in [1.165, 1.54) is 12.1 Å². The van der Waals surface area contributed by atoms with Gasteiger partial charge in [-0.2, -0.15) is 0 Å². The molecule has 21 heavy (non-hydrogen) atoms. The molecular formula is C13H8BrF2NO4. The molecule has 1 aromatic heterocycles. The summed E-state index contributed by atoms with van der Waals surface area (Å²) in [6, 6.07) is 4.49. The molecule has 0 saturated heterocycles. The lowest BCUT2D eigenvalue weighted by Gasteiger charge is -2.06. The zero-order chi connectivity index (χ0) is 15.6. The summed E-state index contributed by atoms with van der Waals surface area (Å²) < 4.78 is 32.2. The zero-order valence-corrected chi connectivity index (χ0v) is 11.9. The van der Waals surface area contributed by atoms with E-state index >= 15 is 0 Å². The Balaban J connectivity index is 2.10. The van der Waals surface area contributed by atoms with Gasteiger partial charge in [0.2, 0.25) is 5.76 Å². The van der Waals surface area contributed by atoms with Gasteiger partial charge in [-0.1, -0.05) is 15.9 Å². The molecule has 0 bridgehead atoms. The minimum Gasteiger partial charge on any atom is -0.475 e.